The molecule has 0 spiro atoms. The van der Waals surface area contributed by atoms with Gasteiger partial charge >= 0.3 is 0 Å². The van der Waals surface area contributed by atoms with Gasteiger partial charge in [0.25, 0.3) is 0 Å². The molecule has 1 saturated heterocycles. The minimum absolute atomic E-state index is 0.515. The van der Waals surface area contributed by atoms with Crippen LogP contribution < -0.4 is 0 Å². The van der Waals surface area contributed by atoms with Gasteiger partial charge in [-0.15, -0.1) is 0 Å². The number of likely N-dealkylation sites (N-methyl/N-ethyl adjacent to an activating group) is 1. The first-order valence-corrected chi connectivity index (χ1v) is 5.48. The first-order valence-electron chi connectivity index (χ1n) is 5.48. The molecule has 1 atom stereocenters. The monoisotopic (exact) mass is 208 g/mol. The lowest BCUT2D eigenvalue weighted by atomic mass is 10.1. The first-order chi connectivity index (χ1) is 7.35. The van der Waals surface area contributed by atoms with Gasteiger partial charge in [-0.3, -0.25) is 4.79 Å². The number of aromatic nitrogens is 1. The lowest BCUT2D eigenvalue weighted by molar-refractivity contribution is 0.112. The lowest BCUT2D eigenvalue weighted by Gasteiger charge is -2.21. The summed E-state index contributed by atoms with van der Waals surface area (Å²) in [4.78, 5) is 13.1. The molecule has 0 aliphatic carbocycles. The van der Waals surface area contributed by atoms with Crippen molar-refractivity contribution < 1.29 is 9.32 Å². The number of aldehydes is 1. The Balaban J connectivity index is 2.04. The average molecular weight is 208 g/mol. The SMILES string of the molecule is CCN1CCCC1Cc1oncc1C=O. The van der Waals surface area contributed by atoms with Crippen molar-refractivity contribution in [1.29, 1.82) is 0 Å². The molecule has 1 aromatic heterocycles. The van der Waals surface area contributed by atoms with Gasteiger partial charge in [0, 0.05) is 12.5 Å². The smallest absolute Gasteiger partial charge is 0.155 e. The van der Waals surface area contributed by atoms with Crippen LogP contribution in [0.25, 0.3) is 0 Å². The van der Waals surface area contributed by atoms with E-state index < -0.39 is 0 Å². The molecular weight excluding hydrogens is 192 g/mol. The van der Waals surface area contributed by atoms with Crippen LogP contribution in [0, 0.1) is 0 Å². The van der Waals surface area contributed by atoms with Crippen LogP contribution >= 0.6 is 0 Å². The Morgan fingerprint density at radius 2 is 2.60 bits per heavy atom. The molecule has 0 saturated carbocycles. The topological polar surface area (TPSA) is 46.3 Å². The van der Waals surface area contributed by atoms with E-state index in [2.05, 4.69) is 17.0 Å². The van der Waals surface area contributed by atoms with Crippen molar-refractivity contribution in [3.8, 4) is 0 Å². The highest BCUT2D eigenvalue weighted by Gasteiger charge is 2.25. The lowest BCUT2D eigenvalue weighted by Crippen LogP contribution is -2.30. The molecule has 0 bridgehead atoms. The van der Waals surface area contributed by atoms with Crippen LogP contribution in [-0.4, -0.2) is 35.5 Å². The summed E-state index contributed by atoms with van der Waals surface area (Å²) < 4.78 is 5.10. The normalized spacial score (nSPS) is 22.1. The van der Waals surface area contributed by atoms with E-state index in [0.717, 1.165) is 31.6 Å². The van der Waals surface area contributed by atoms with Crippen LogP contribution in [-0.2, 0) is 6.42 Å². The molecule has 0 N–H and O–H groups in total. The van der Waals surface area contributed by atoms with Crippen molar-refractivity contribution in [2.45, 2.75) is 32.2 Å². The highest BCUT2D eigenvalue weighted by Crippen LogP contribution is 2.21. The first kappa shape index (κ1) is 10.4. The third kappa shape index (κ3) is 2.09. The molecule has 15 heavy (non-hydrogen) atoms. The molecular formula is C11H16N2O2. The third-order valence-corrected chi connectivity index (χ3v) is 3.13. The standard InChI is InChI=1S/C11H16N2O2/c1-2-13-5-3-4-10(13)6-11-9(8-14)7-12-15-11/h7-8,10H,2-6H2,1H3. The van der Waals surface area contributed by atoms with Crippen LogP contribution in [0.3, 0.4) is 0 Å². The Bertz CT molecular complexity index is 335. The van der Waals surface area contributed by atoms with Gasteiger partial charge in [-0.05, 0) is 25.9 Å². The summed E-state index contributed by atoms with van der Waals surface area (Å²) in [6, 6.07) is 0.515. The maximum absolute atomic E-state index is 10.7. The van der Waals surface area contributed by atoms with Crippen molar-refractivity contribution in [2.24, 2.45) is 0 Å². The summed E-state index contributed by atoms with van der Waals surface area (Å²) in [5.41, 5.74) is 0.595. The van der Waals surface area contributed by atoms with Crippen molar-refractivity contribution in [3.05, 3.63) is 17.5 Å². The second kappa shape index (κ2) is 4.57. The number of hydrogen-bond acceptors (Lipinski definition) is 4. The number of likely N-dealkylation sites (tertiary alicyclic amines) is 1. The van der Waals surface area contributed by atoms with E-state index in [1.165, 1.54) is 19.0 Å². The molecule has 1 unspecified atom stereocenters. The van der Waals surface area contributed by atoms with Crippen molar-refractivity contribution in [2.75, 3.05) is 13.1 Å². The zero-order valence-corrected chi connectivity index (χ0v) is 8.98. The van der Waals surface area contributed by atoms with Gasteiger partial charge in [0.15, 0.2) is 6.29 Å². The third-order valence-electron chi connectivity index (χ3n) is 3.13. The van der Waals surface area contributed by atoms with Gasteiger partial charge in [-0.25, -0.2) is 0 Å². The van der Waals surface area contributed by atoms with E-state index in [1.807, 2.05) is 0 Å². The second-order valence-corrected chi connectivity index (χ2v) is 3.95. The molecule has 4 heteroatoms. The number of carbonyl (C=O) groups excluding carboxylic acids is 1. The van der Waals surface area contributed by atoms with Crippen LogP contribution in [0.1, 0.15) is 35.9 Å². The molecule has 0 aromatic carbocycles. The Morgan fingerprint density at radius 3 is 3.33 bits per heavy atom. The van der Waals surface area contributed by atoms with E-state index >= 15 is 0 Å². The summed E-state index contributed by atoms with van der Waals surface area (Å²) in [5, 5.41) is 3.66. The van der Waals surface area contributed by atoms with Gasteiger partial charge < -0.3 is 9.42 Å². The number of nitrogens with zero attached hydrogens (tertiary/aromatic N) is 2. The fourth-order valence-corrected chi connectivity index (χ4v) is 2.28. The van der Waals surface area contributed by atoms with E-state index in [-0.39, 0.29) is 0 Å². The Labute approximate surface area is 89.2 Å². The van der Waals surface area contributed by atoms with E-state index in [1.54, 1.807) is 0 Å². The predicted octanol–water partition coefficient (Wildman–Crippen LogP) is 1.51. The summed E-state index contributed by atoms with van der Waals surface area (Å²) in [6.07, 6.45) is 5.54. The zero-order chi connectivity index (χ0) is 10.7. The molecule has 0 amide bonds. The molecule has 82 valence electrons. The minimum atomic E-state index is 0.515. The zero-order valence-electron chi connectivity index (χ0n) is 8.98. The summed E-state index contributed by atoms with van der Waals surface area (Å²) in [6.45, 7) is 4.39. The van der Waals surface area contributed by atoms with Crippen LogP contribution in [0.2, 0.25) is 0 Å². The second-order valence-electron chi connectivity index (χ2n) is 3.95. The number of rotatable bonds is 4. The Hall–Kier alpha value is -1.16. The van der Waals surface area contributed by atoms with Gasteiger partial charge in [0.05, 0.1) is 11.8 Å². The Morgan fingerprint density at radius 1 is 1.73 bits per heavy atom. The molecule has 2 rings (SSSR count). The molecule has 4 nitrogen and oxygen atoms in total. The molecule has 0 radical (unpaired) electrons. The average Bonchev–Trinajstić information content (AvgIpc) is 2.87. The van der Waals surface area contributed by atoms with Gasteiger partial charge in [0.1, 0.15) is 5.76 Å². The van der Waals surface area contributed by atoms with Gasteiger partial charge in [0.2, 0.25) is 0 Å². The van der Waals surface area contributed by atoms with Gasteiger partial charge in [-0.1, -0.05) is 12.1 Å². The Kier molecular flexibility index (Phi) is 3.16. The highest BCUT2D eigenvalue weighted by molar-refractivity contribution is 5.75. The van der Waals surface area contributed by atoms with Crippen LogP contribution in [0.15, 0.2) is 10.7 Å². The maximum atomic E-state index is 10.7. The number of hydrogen-bond donors (Lipinski definition) is 0. The highest BCUT2D eigenvalue weighted by atomic mass is 16.5. The predicted molar refractivity (Wildman–Crippen MR) is 55.9 cm³/mol. The summed E-state index contributed by atoms with van der Waals surface area (Å²) in [5.74, 6) is 0.732. The van der Waals surface area contributed by atoms with E-state index in [0.29, 0.717) is 11.6 Å². The van der Waals surface area contributed by atoms with Crippen LogP contribution in [0.5, 0.6) is 0 Å². The van der Waals surface area contributed by atoms with Crippen molar-refractivity contribution >= 4 is 6.29 Å². The van der Waals surface area contributed by atoms with Crippen molar-refractivity contribution in [1.82, 2.24) is 10.1 Å². The number of carbonyl (C=O) groups is 1. The summed E-state index contributed by atoms with van der Waals surface area (Å²) in [7, 11) is 0. The van der Waals surface area contributed by atoms with E-state index in [4.69, 9.17) is 4.52 Å². The minimum Gasteiger partial charge on any atom is -0.361 e. The van der Waals surface area contributed by atoms with E-state index in [9.17, 15) is 4.79 Å². The van der Waals surface area contributed by atoms with Crippen molar-refractivity contribution in [3.63, 3.8) is 0 Å². The molecule has 1 aliphatic heterocycles. The summed E-state index contributed by atoms with van der Waals surface area (Å²) >= 11 is 0. The maximum Gasteiger partial charge on any atom is 0.155 e. The molecule has 1 aliphatic rings. The quantitative estimate of drug-likeness (QED) is 0.704. The molecule has 1 aromatic rings. The largest absolute Gasteiger partial charge is 0.361 e. The fraction of sp³-hybridized carbons (Fsp3) is 0.636. The van der Waals surface area contributed by atoms with Crippen LogP contribution in [0.4, 0.5) is 0 Å². The van der Waals surface area contributed by atoms with Gasteiger partial charge in [-0.2, -0.15) is 0 Å². The fourth-order valence-electron chi connectivity index (χ4n) is 2.28. The molecule has 1 fully saturated rings. The molecule has 2 heterocycles.